The lowest BCUT2D eigenvalue weighted by atomic mass is 10.2. The predicted molar refractivity (Wildman–Crippen MR) is 69.7 cm³/mol. The summed E-state index contributed by atoms with van der Waals surface area (Å²) in [7, 11) is 1.91. The fourth-order valence-electron chi connectivity index (χ4n) is 1.86. The first-order valence-corrected chi connectivity index (χ1v) is 5.71. The molecule has 0 bridgehead atoms. The van der Waals surface area contributed by atoms with Gasteiger partial charge in [0.15, 0.2) is 0 Å². The quantitative estimate of drug-likeness (QED) is 0.686. The lowest BCUT2D eigenvalue weighted by Crippen LogP contribution is -1.95. The molecular weight excluding hydrogens is 224 g/mol. The van der Waals surface area contributed by atoms with Crippen LogP contribution < -0.4 is 0 Å². The second-order valence-corrected chi connectivity index (χ2v) is 3.97. The van der Waals surface area contributed by atoms with E-state index in [-0.39, 0.29) is 0 Å². The van der Waals surface area contributed by atoms with Gasteiger partial charge in [-0.15, -0.1) is 0 Å². The summed E-state index contributed by atoms with van der Waals surface area (Å²) in [4.78, 5) is 8.64. The molecule has 0 unspecified atom stereocenters. The fourth-order valence-corrected chi connectivity index (χ4v) is 1.86. The Morgan fingerprint density at radius 1 is 0.833 bits per heavy atom. The number of pyridine rings is 2. The largest absolute Gasteiger partial charge is 0.266 e. The number of rotatable bonds is 2. The second kappa shape index (κ2) is 4.41. The smallest absolute Gasteiger partial charge is 0.111 e. The van der Waals surface area contributed by atoms with Crippen LogP contribution in [0, 0.1) is 0 Å². The van der Waals surface area contributed by atoms with Gasteiger partial charge < -0.3 is 0 Å². The molecule has 3 aromatic rings. The predicted octanol–water partition coefficient (Wildman–Crippen LogP) is 2.54. The molecule has 0 saturated carbocycles. The third kappa shape index (κ3) is 1.88. The average molecular weight is 236 g/mol. The normalized spacial score (nSPS) is 10.5. The van der Waals surface area contributed by atoms with Gasteiger partial charge in [0, 0.05) is 19.4 Å². The highest BCUT2D eigenvalue weighted by Gasteiger charge is 2.09. The molecule has 88 valence electrons. The van der Waals surface area contributed by atoms with Crippen LogP contribution in [0.25, 0.3) is 22.8 Å². The van der Waals surface area contributed by atoms with Crippen molar-refractivity contribution < 1.29 is 0 Å². The highest BCUT2D eigenvalue weighted by molar-refractivity contribution is 5.64. The van der Waals surface area contributed by atoms with Gasteiger partial charge in [-0.1, -0.05) is 12.1 Å². The summed E-state index contributed by atoms with van der Waals surface area (Å²) in [6, 6.07) is 13.6. The number of aromatic nitrogens is 4. The molecule has 0 amide bonds. The summed E-state index contributed by atoms with van der Waals surface area (Å²) in [5.41, 5.74) is 3.62. The monoisotopic (exact) mass is 236 g/mol. The Kier molecular flexibility index (Phi) is 2.61. The first kappa shape index (κ1) is 10.7. The van der Waals surface area contributed by atoms with Gasteiger partial charge in [-0.3, -0.25) is 14.6 Å². The van der Waals surface area contributed by atoms with Crippen molar-refractivity contribution in [1.82, 2.24) is 19.7 Å². The Morgan fingerprint density at radius 2 is 1.50 bits per heavy atom. The second-order valence-electron chi connectivity index (χ2n) is 3.97. The van der Waals surface area contributed by atoms with E-state index < -0.39 is 0 Å². The fraction of sp³-hybridized carbons (Fsp3) is 0.0714. The molecular formula is C14H12N4. The summed E-state index contributed by atoms with van der Waals surface area (Å²) in [6.45, 7) is 0. The van der Waals surface area contributed by atoms with Crippen LogP contribution >= 0.6 is 0 Å². The number of hydrogen-bond acceptors (Lipinski definition) is 3. The lowest BCUT2D eigenvalue weighted by molar-refractivity contribution is 0.775. The first-order valence-electron chi connectivity index (χ1n) is 5.71. The Labute approximate surface area is 105 Å². The van der Waals surface area contributed by atoms with Crippen molar-refractivity contribution in [3.8, 4) is 22.8 Å². The molecule has 0 atom stereocenters. The van der Waals surface area contributed by atoms with Crippen molar-refractivity contribution in [3.05, 3.63) is 54.9 Å². The van der Waals surface area contributed by atoms with Crippen LogP contribution in [0.1, 0.15) is 0 Å². The standard InChI is InChI=1S/C14H12N4/c1-18-14(12-7-3-5-9-16-12)10-13(17-18)11-6-2-4-8-15-11/h2-10H,1H3. The van der Waals surface area contributed by atoms with E-state index in [1.165, 1.54) is 0 Å². The van der Waals surface area contributed by atoms with E-state index >= 15 is 0 Å². The highest BCUT2D eigenvalue weighted by atomic mass is 15.3. The summed E-state index contributed by atoms with van der Waals surface area (Å²) >= 11 is 0. The zero-order chi connectivity index (χ0) is 12.4. The van der Waals surface area contributed by atoms with Crippen LogP contribution in [0.4, 0.5) is 0 Å². The maximum atomic E-state index is 4.47. The van der Waals surface area contributed by atoms with Crippen molar-refractivity contribution in [2.45, 2.75) is 0 Å². The number of aryl methyl sites for hydroxylation is 1. The minimum atomic E-state index is 0.860. The van der Waals surface area contributed by atoms with Crippen molar-refractivity contribution in [3.63, 3.8) is 0 Å². The van der Waals surface area contributed by atoms with Gasteiger partial charge in [-0.2, -0.15) is 5.10 Å². The Hall–Kier alpha value is -2.49. The molecule has 3 aromatic heterocycles. The van der Waals surface area contributed by atoms with E-state index in [0.29, 0.717) is 0 Å². The molecule has 4 nitrogen and oxygen atoms in total. The van der Waals surface area contributed by atoms with Crippen LogP contribution in [-0.4, -0.2) is 19.7 Å². The van der Waals surface area contributed by atoms with Crippen LogP contribution in [0.2, 0.25) is 0 Å². The van der Waals surface area contributed by atoms with Gasteiger partial charge in [-0.25, -0.2) is 0 Å². The number of hydrogen-bond donors (Lipinski definition) is 0. The first-order chi connectivity index (χ1) is 8.84. The molecule has 0 aliphatic carbocycles. The topological polar surface area (TPSA) is 43.6 Å². The Bertz CT molecular complexity index is 644. The molecule has 0 saturated heterocycles. The molecule has 4 heteroatoms. The third-order valence-corrected chi connectivity index (χ3v) is 2.73. The molecule has 0 aliphatic heterocycles. The van der Waals surface area contributed by atoms with E-state index in [0.717, 1.165) is 22.8 Å². The molecule has 0 fully saturated rings. The Balaban J connectivity index is 2.07. The van der Waals surface area contributed by atoms with Gasteiger partial charge in [0.25, 0.3) is 0 Å². The third-order valence-electron chi connectivity index (χ3n) is 2.73. The van der Waals surface area contributed by atoms with E-state index in [1.807, 2.05) is 54.2 Å². The van der Waals surface area contributed by atoms with Crippen molar-refractivity contribution >= 4 is 0 Å². The summed E-state index contributed by atoms with van der Waals surface area (Å²) in [5.74, 6) is 0. The van der Waals surface area contributed by atoms with Crippen LogP contribution in [-0.2, 0) is 7.05 Å². The molecule has 0 aliphatic rings. The zero-order valence-electron chi connectivity index (χ0n) is 9.99. The van der Waals surface area contributed by atoms with E-state index in [9.17, 15) is 0 Å². The minimum Gasteiger partial charge on any atom is -0.266 e. The molecule has 0 aromatic carbocycles. The maximum absolute atomic E-state index is 4.47. The minimum absolute atomic E-state index is 0.860. The molecule has 18 heavy (non-hydrogen) atoms. The van der Waals surface area contributed by atoms with E-state index in [2.05, 4.69) is 15.1 Å². The van der Waals surface area contributed by atoms with Crippen molar-refractivity contribution in [1.29, 1.82) is 0 Å². The average Bonchev–Trinajstić information content (AvgIpc) is 2.83. The molecule has 0 spiro atoms. The van der Waals surface area contributed by atoms with Gasteiger partial charge >= 0.3 is 0 Å². The molecule has 3 rings (SSSR count). The summed E-state index contributed by atoms with van der Waals surface area (Å²) in [5, 5.41) is 4.47. The summed E-state index contributed by atoms with van der Waals surface area (Å²) < 4.78 is 1.83. The van der Waals surface area contributed by atoms with Crippen molar-refractivity contribution in [2.24, 2.45) is 7.05 Å². The molecule has 3 heterocycles. The van der Waals surface area contributed by atoms with Crippen LogP contribution in [0.3, 0.4) is 0 Å². The van der Waals surface area contributed by atoms with Gasteiger partial charge in [-0.05, 0) is 30.3 Å². The van der Waals surface area contributed by atoms with Gasteiger partial charge in [0.05, 0.1) is 17.1 Å². The van der Waals surface area contributed by atoms with E-state index in [1.54, 1.807) is 12.4 Å². The van der Waals surface area contributed by atoms with Gasteiger partial charge in [0.2, 0.25) is 0 Å². The highest BCUT2D eigenvalue weighted by Crippen LogP contribution is 2.22. The Morgan fingerprint density at radius 3 is 2.11 bits per heavy atom. The zero-order valence-corrected chi connectivity index (χ0v) is 9.99. The van der Waals surface area contributed by atoms with Crippen molar-refractivity contribution in [2.75, 3.05) is 0 Å². The lowest BCUT2D eigenvalue weighted by Gasteiger charge is -1.98. The number of nitrogens with zero attached hydrogens (tertiary/aromatic N) is 4. The maximum Gasteiger partial charge on any atom is 0.111 e. The molecule has 0 N–H and O–H groups in total. The summed E-state index contributed by atoms with van der Waals surface area (Å²) in [6.07, 6.45) is 3.55. The van der Waals surface area contributed by atoms with Gasteiger partial charge in [0.1, 0.15) is 5.69 Å². The van der Waals surface area contributed by atoms with Crippen LogP contribution in [0.5, 0.6) is 0 Å². The van der Waals surface area contributed by atoms with E-state index in [4.69, 9.17) is 0 Å². The molecule has 0 radical (unpaired) electrons. The SMILES string of the molecule is Cn1nc(-c2ccccn2)cc1-c1ccccn1. The van der Waals surface area contributed by atoms with Crippen LogP contribution in [0.15, 0.2) is 54.9 Å².